The molecule has 0 saturated heterocycles. The smallest absolute Gasteiger partial charge is 0.191 e. The number of nitrogens with one attached hydrogen (secondary N) is 2. The molecule has 2 N–H and O–H groups in total. The van der Waals surface area contributed by atoms with E-state index in [-0.39, 0.29) is 35.8 Å². The number of nitrogens with zero attached hydrogens (tertiary/aromatic N) is 2. The molecule has 1 unspecified atom stereocenters. The molecule has 1 aromatic carbocycles. The summed E-state index contributed by atoms with van der Waals surface area (Å²) in [4.78, 5) is 4.57. The van der Waals surface area contributed by atoms with Gasteiger partial charge < -0.3 is 15.2 Å². The predicted molar refractivity (Wildman–Crippen MR) is 127 cm³/mol. The molecule has 1 atom stereocenters. The molecule has 1 aromatic heterocycles. The van der Waals surface area contributed by atoms with Gasteiger partial charge >= 0.3 is 0 Å². The molecule has 0 spiro atoms. The summed E-state index contributed by atoms with van der Waals surface area (Å²) in [5, 5.41) is 10.6. The SMILES string of the molecule is CCc1noc(CC)c1CNC(=NC)NC(CC)CS(=O)(=O)c1ccccc1.I. The second kappa shape index (κ2) is 12.2. The Balaban J connectivity index is 0.00000420. The van der Waals surface area contributed by atoms with Gasteiger partial charge in [-0.1, -0.05) is 44.1 Å². The minimum atomic E-state index is -3.38. The van der Waals surface area contributed by atoms with Gasteiger partial charge in [-0.3, -0.25) is 4.99 Å². The maximum Gasteiger partial charge on any atom is 0.191 e. The van der Waals surface area contributed by atoms with Crippen LogP contribution in [-0.4, -0.2) is 38.4 Å². The maximum atomic E-state index is 12.7. The van der Waals surface area contributed by atoms with Crippen LogP contribution in [0.1, 0.15) is 44.2 Å². The largest absolute Gasteiger partial charge is 0.361 e. The number of hydrogen-bond acceptors (Lipinski definition) is 5. The Morgan fingerprint density at radius 2 is 1.86 bits per heavy atom. The third-order valence-corrected chi connectivity index (χ3v) is 6.45. The lowest BCUT2D eigenvalue weighted by Gasteiger charge is -2.20. The summed E-state index contributed by atoms with van der Waals surface area (Å²) < 4.78 is 30.7. The summed E-state index contributed by atoms with van der Waals surface area (Å²) in [7, 11) is -1.71. The van der Waals surface area contributed by atoms with Crippen LogP contribution >= 0.6 is 24.0 Å². The van der Waals surface area contributed by atoms with Crippen LogP contribution in [0.5, 0.6) is 0 Å². The van der Waals surface area contributed by atoms with Gasteiger partial charge in [0.25, 0.3) is 0 Å². The van der Waals surface area contributed by atoms with Gasteiger partial charge in [0, 0.05) is 31.6 Å². The molecule has 2 rings (SSSR count). The van der Waals surface area contributed by atoms with E-state index in [1.54, 1.807) is 37.4 Å². The number of aromatic nitrogens is 1. The van der Waals surface area contributed by atoms with Crippen LogP contribution in [0.25, 0.3) is 0 Å². The number of rotatable bonds is 9. The Hall–Kier alpha value is -1.62. The molecule has 29 heavy (non-hydrogen) atoms. The fourth-order valence-electron chi connectivity index (χ4n) is 2.95. The molecule has 0 amide bonds. The number of benzene rings is 1. The molecule has 0 radical (unpaired) electrons. The summed E-state index contributed by atoms with van der Waals surface area (Å²) in [6, 6.07) is 8.27. The van der Waals surface area contributed by atoms with Crippen LogP contribution in [0.4, 0.5) is 0 Å². The lowest BCUT2D eigenvalue weighted by atomic mass is 10.1. The molecule has 1 heterocycles. The van der Waals surface area contributed by atoms with Crippen molar-refractivity contribution in [2.24, 2.45) is 4.99 Å². The van der Waals surface area contributed by atoms with Crippen LogP contribution in [0.3, 0.4) is 0 Å². The molecule has 0 fully saturated rings. The number of guanidine groups is 1. The van der Waals surface area contributed by atoms with Crippen molar-refractivity contribution in [3.63, 3.8) is 0 Å². The van der Waals surface area contributed by atoms with Crippen molar-refractivity contribution in [3.8, 4) is 0 Å². The van der Waals surface area contributed by atoms with E-state index in [1.807, 2.05) is 20.8 Å². The Labute approximate surface area is 190 Å². The summed E-state index contributed by atoms with van der Waals surface area (Å²) in [5.41, 5.74) is 1.97. The first kappa shape index (κ1) is 25.4. The lowest BCUT2D eigenvalue weighted by Crippen LogP contribution is -2.45. The van der Waals surface area contributed by atoms with Gasteiger partial charge in [0.1, 0.15) is 5.76 Å². The molecule has 9 heteroatoms. The Morgan fingerprint density at radius 1 is 1.17 bits per heavy atom. The molecule has 0 aliphatic heterocycles. The van der Waals surface area contributed by atoms with Crippen LogP contribution < -0.4 is 10.6 Å². The fourth-order valence-corrected chi connectivity index (χ4v) is 4.56. The van der Waals surface area contributed by atoms with Crippen LogP contribution in [0, 0.1) is 0 Å². The first-order valence-electron chi connectivity index (χ1n) is 9.66. The van der Waals surface area contributed by atoms with Gasteiger partial charge in [-0.15, -0.1) is 24.0 Å². The Morgan fingerprint density at radius 3 is 2.41 bits per heavy atom. The van der Waals surface area contributed by atoms with Crippen molar-refractivity contribution in [3.05, 3.63) is 47.3 Å². The van der Waals surface area contributed by atoms with Gasteiger partial charge in [0.15, 0.2) is 15.8 Å². The highest BCUT2D eigenvalue weighted by atomic mass is 127. The molecule has 7 nitrogen and oxygen atoms in total. The average Bonchev–Trinajstić information content (AvgIpc) is 3.12. The third-order valence-electron chi connectivity index (χ3n) is 4.62. The predicted octanol–water partition coefficient (Wildman–Crippen LogP) is 3.33. The van der Waals surface area contributed by atoms with E-state index in [2.05, 4.69) is 20.8 Å². The Kier molecular flexibility index (Phi) is 10.7. The van der Waals surface area contributed by atoms with Gasteiger partial charge in [-0.2, -0.15) is 0 Å². The molecule has 0 bridgehead atoms. The van der Waals surface area contributed by atoms with Crippen molar-refractivity contribution in [1.82, 2.24) is 15.8 Å². The van der Waals surface area contributed by atoms with Gasteiger partial charge in [-0.25, -0.2) is 8.42 Å². The van der Waals surface area contributed by atoms with Crippen LogP contribution in [0.2, 0.25) is 0 Å². The summed E-state index contributed by atoms with van der Waals surface area (Å²) in [6.45, 7) is 6.54. The summed E-state index contributed by atoms with van der Waals surface area (Å²) >= 11 is 0. The van der Waals surface area contributed by atoms with Crippen LogP contribution in [-0.2, 0) is 29.2 Å². The van der Waals surface area contributed by atoms with E-state index in [0.29, 0.717) is 23.8 Å². The second-order valence-corrected chi connectivity index (χ2v) is 8.54. The first-order valence-corrected chi connectivity index (χ1v) is 11.3. The number of hydrogen-bond donors (Lipinski definition) is 2. The van der Waals surface area contributed by atoms with E-state index in [1.165, 1.54) is 0 Å². The number of halogens is 1. The number of aryl methyl sites for hydroxylation is 2. The minimum Gasteiger partial charge on any atom is -0.361 e. The van der Waals surface area contributed by atoms with Crippen molar-refractivity contribution >= 4 is 39.8 Å². The molecule has 2 aromatic rings. The fraction of sp³-hybridized carbons (Fsp3) is 0.500. The molecule has 0 aliphatic carbocycles. The highest BCUT2D eigenvalue weighted by molar-refractivity contribution is 14.0. The molecule has 0 saturated carbocycles. The van der Waals surface area contributed by atoms with Crippen molar-refractivity contribution in [2.75, 3.05) is 12.8 Å². The summed E-state index contributed by atoms with van der Waals surface area (Å²) in [6.07, 6.45) is 2.21. The van der Waals surface area contributed by atoms with Crippen molar-refractivity contribution in [1.29, 1.82) is 0 Å². The van der Waals surface area contributed by atoms with E-state index >= 15 is 0 Å². The zero-order chi connectivity index (χ0) is 20.6. The zero-order valence-corrected chi connectivity index (χ0v) is 20.6. The third kappa shape index (κ3) is 6.98. The first-order chi connectivity index (χ1) is 13.4. The van der Waals surface area contributed by atoms with Gasteiger partial charge in [0.2, 0.25) is 0 Å². The molecule has 0 aliphatic rings. The van der Waals surface area contributed by atoms with Gasteiger partial charge in [0.05, 0.1) is 16.3 Å². The van der Waals surface area contributed by atoms with E-state index < -0.39 is 9.84 Å². The zero-order valence-electron chi connectivity index (χ0n) is 17.4. The minimum absolute atomic E-state index is 0. The molecule has 162 valence electrons. The summed E-state index contributed by atoms with van der Waals surface area (Å²) in [5.74, 6) is 1.42. The topological polar surface area (TPSA) is 96.6 Å². The van der Waals surface area contributed by atoms with Crippen molar-refractivity contribution < 1.29 is 12.9 Å². The Bertz CT molecular complexity index is 861. The highest BCUT2D eigenvalue weighted by Gasteiger charge is 2.21. The second-order valence-electron chi connectivity index (χ2n) is 6.51. The molecular formula is C20H31IN4O3S. The van der Waals surface area contributed by atoms with E-state index in [9.17, 15) is 8.42 Å². The quantitative estimate of drug-likeness (QED) is 0.291. The number of sulfone groups is 1. The lowest BCUT2D eigenvalue weighted by molar-refractivity contribution is 0.380. The average molecular weight is 534 g/mol. The number of aliphatic imine (C=N–C) groups is 1. The standard InChI is InChI=1S/C20H30N4O3S.HI/c1-5-15(14-28(25,26)16-11-9-8-10-12-16)23-20(21-4)22-13-17-18(6-2)24-27-19(17)7-3;/h8-12,15H,5-7,13-14H2,1-4H3,(H2,21,22,23);1H. The normalized spacial score (nSPS) is 12.9. The maximum absolute atomic E-state index is 12.7. The monoisotopic (exact) mass is 534 g/mol. The van der Waals surface area contributed by atoms with E-state index in [4.69, 9.17) is 4.52 Å². The highest BCUT2D eigenvalue weighted by Crippen LogP contribution is 2.16. The van der Waals surface area contributed by atoms with Crippen LogP contribution in [0.15, 0.2) is 44.7 Å². The van der Waals surface area contributed by atoms with Crippen molar-refractivity contribution in [2.45, 2.75) is 57.5 Å². The van der Waals surface area contributed by atoms with E-state index in [0.717, 1.165) is 29.9 Å². The molecular weight excluding hydrogens is 503 g/mol. The van der Waals surface area contributed by atoms with Gasteiger partial charge in [-0.05, 0) is 25.0 Å².